The van der Waals surface area contributed by atoms with E-state index >= 15 is 0 Å². The average molecular weight is 377 g/mol. The van der Waals surface area contributed by atoms with Gasteiger partial charge in [-0.25, -0.2) is 0 Å². The SMILES string of the molecule is [CH](c1ccccc1)=[Pd](=[CH]c1ccccc1)=[CH]c1ccccc1. The molecule has 22 heavy (non-hydrogen) atoms. The van der Waals surface area contributed by atoms with Crippen molar-refractivity contribution < 1.29 is 15.4 Å². The molecule has 0 N–H and O–H groups in total. The molecule has 0 heterocycles. The Morgan fingerprint density at radius 3 is 0.955 bits per heavy atom. The van der Waals surface area contributed by atoms with Gasteiger partial charge in [0.15, 0.2) is 0 Å². The summed E-state index contributed by atoms with van der Waals surface area (Å²) in [5.41, 5.74) is 3.88. The monoisotopic (exact) mass is 376 g/mol. The van der Waals surface area contributed by atoms with Gasteiger partial charge in [0, 0.05) is 0 Å². The van der Waals surface area contributed by atoms with Gasteiger partial charge in [-0.2, -0.15) is 0 Å². The molecule has 0 atom stereocenters. The molecule has 0 aliphatic rings. The van der Waals surface area contributed by atoms with Crippen LogP contribution in [0.3, 0.4) is 0 Å². The van der Waals surface area contributed by atoms with E-state index in [9.17, 15) is 0 Å². The summed E-state index contributed by atoms with van der Waals surface area (Å²) in [6, 6.07) is 31.8. The maximum absolute atomic E-state index is 2.41. The second-order valence-electron chi connectivity index (χ2n) is 4.82. The van der Waals surface area contributed by atoms with Crippen LogP contribution in [-0.2, 0) is 15.4 Å². The number of benzene rings is 3. The van der Waals surface area contributed by atoms with E-state index in [-0.39, 0.29) is 0 Å². The van der Waals surface area contributed by atoms with Crippen molar-refractivity contribution in [1.29, 1.82) is 0 Å². The predicted molar refractivity (Wildman–Crippen MR) is 94.8 cm³/mol. The van der Waals surface area contributed by atoms with Crippen LogP contribution < -0.4 is 0 Å². The van der Waals surface area contributed by atoms with Crippen LogP contribution in [-0.4, -0.2) is 13.5 Å². The minimum atomic E-state index is -1.04. The summed E-state index contributed by atoms with van der Waals surface area (Å²) in [6.07, 6.45) is 0. The molecule has 0 nitrogen and oxygen atoms in total. The van der Waals surface area contributed by atoms with E-state index < -0.39 is 15.4 Å². The Bertz CT molecular complexity index is 737. The van der Waals surface area contributed by atoms with Gasteiger partial charge in [0.1, 0.15) is 0 Å². The molecule has 0 spiro atoms. The fraction of sp³-hybridized carbons (Fsp3) is 0. The molecule has 0 aliphatic carbocycles. The van der Waals surface area contributed by atoms with Crippen LogP contribution in [0.2, 0.25) is 0 Å². The Balaban J connectivity index is 2.13. The first-order valence-electron chi connectivity index (χ1n) is 7.15. The van der Waals surface area contributed by atoms with E-state index in [0.29, 0.717) is 0 Å². The molecule has 3 aromatic rings. The molecule has 0 amide bonds. The zero-order valence-electron chi connectivity index (χ0n) is 12.2. The van der Waals surface area contributed by atoms with Gasteiger partial charge in [-0.3, -0.25) is 0 Å². The van der Waals surface area contributed by atoms with Crippen molar-refractivity contribution in [1.82, 2.24) is 0 Å². The summed E-state index contributed by atoms with van der Waals surface area (Å²) in [5.74, 6) is 0. The van der Waals surface area contributed by atoms with Gasteiger partial charge >= 0.3 is 137 Å². The van der Waals surface area contributed by atoms with Crippen molar-refractivity contribution >= 4 is 13.5 Å². The van der Waals surface area contributed by atoms with E-state index in [4.69, 9.17) is 0 Å². The van der Waals surface area contributed by atoms with Gasteiger partial charge in [0.2, 0.25) is 0 Å². The zero-order valence-corrected chi connectivity index (χ0v) is 13.8. The number of hydrogen-bond acceptors (Lipinski definition) is 0. The fourth-order valence-corrected chi connectivity index (χ4v) is 5.07. The second-order valence-corrected chi connectivity index (χ2v) is 7.72. The van der Waals surface area contributed by atoms with E-state index in [1.165, 1.54) is 16.7 Å². The summed E-state index contributed by atoms with van der Waals surface area (Å²) in [6.45, 7) is 0. The summed E-state index contributed by atoms with van der Waals surface area (Å²) in [4.78, 5) is 0. The molecule has 0 bridgehead atoms. The van der Waals surface area contributed by atoms with E-state index in [1.54, 1.807) is 0 Å². The molecule has 1 heteroatoms. The third-order valence-electron chi connectivity index (χ3n) is 3.03. The van der Waals surface area contributed by atoms with Crippen LogP contribution in [0.15, 0.2) is 91.0 Å². The third-order valence-corrected chi connectivity index (χ3v) is 6.14. The van der Waals surface area contributed by atoms with Gasteiger partial charge in [-0.05, 0) is 0 Å². The van der Waals surface area contributed by atoms with Crippen LogP contribution in [0, 0.1) is 0 Å². The average Bonchev–Trinajstić information content (AvgIpc) is 2.57. The molecule has 0 saturated heterocycles. The predicted octanol–water partition coefficient (Wildman–Crippen LogP) is 4.16. The third kappa shape index (κ3) is 4.47. The van der Waals surface area contributed by atoms with Crippen molar-refractivity contribution in [2.75, 3.05) is 0 Å². The van der Waals surface area contributed by atoms with E-state index in [1.807, 2.05) is 0 Å². The molecule has 0 aliphatic heterocycles. The molecule has 0 saturated carbocycles. The molecule has 112 valence electrons. The first-order chi connectivity index (χ1) is 10.9. The normalized spacial score (nSPS) is 10.6. The summed E-state index contributed by atoms with van der Waals surface area (Å²) >= 11 is -1.04. The Labute approximate surface area is 136 Å². The van der Waals surface area contributed by atoms with Crippen LogP contribution >= 0.6 is 0 Å². The first kappa shape index (κ1) is 14.9. The van der Waals surface area contributed by atoms with Crippen molar-refractivity contribution in [3.8, 4) is 0 Å². The van der Waals surface area contributed by atoms with Gasteiger partial charge in [-0.1, -0.05) is 0 Å². The molecule has 0 radical (unpaired) electrons. The van der Waals surface area contributed by atoms with Crippen molar-refractivity contribution in [3.63, 3.8) is 0 Å². The van der Waals surface area contributed by atoms with Crippen LogP contribution in [0.4, 0.5) is 0 Å². The van der Waals surface area contributed by atoms with Gasteiger partial charge in [0.05, 0.1) is 0 Å². The number of hydrogen-bond donors (Lipinski definition) is 0. The van der Waals surface area contributed by atoms with Crippen molar-refractivity contribution in [2.45, 2.75) is 0 Å². The fourth-order valence-electron chi connectivity index (χ4n) is 1.99. The minimum absolute atomic E-state index is 1.04. The molecule has 0 unspecified atom stereocenters. The van der Waals surface area contributed by atoms with Gasteiger partial charge in [0.25, 0.3) is 0 Å². The summed E-state index contributed by atoms with van der Waals surface area (Å²) in [7, 11) is 0. The second kappa shape index (κ2) is 7.80. The van der Waals surface area contributed by atoms with Crippen LogP contribution in [0.1, 0.15) is 16.7 Å². The molecule has 3 rings (SSSR count). The van der Waals surface area contributed by atoms with E-state index in [0.717, 1.165) is 0 Å². The maximum atomic E-state index is 2.41. The van der Waals surface area contributed by atoms with E-state index in [2.05, 4.69) is 104 Å². The molecular formula is C21H18Pd. The van der Waals surface area contributed by atoms with Crippen molar-refractivity contribution in [2.24, 2.45) is 0 Å². The summed E-state index contributed by atoms with van der Waals surface area (Å²) in [5, 5.41) is 0. The molecular weight excluding hydrogens is 359 g/mol. The van der Waals surface area contributed by atoms with Gasteiger partial charge in [-0.15, -0.1) is 0 Å². The van der Waals surface area contributed by atoms with Crippen LogP contribution in [0.5, 0.6) is 0 Å². The first-order valence-corrected chi connectivity index (χ1v) is 9.84. The summed E-state index contributed by atoms with van der Waals surface area (Å²) < 4.78 is 7.22. The Kier molecular flexibility index (Phi) is 5.27. The quantitative estimate of drug-likeness (QED) is 0.602. The molecule has 3 aromatic carbocycles. The topological polar surface area (TPSA) is 0 Å². The Morgan fingerprint density at radius 2 is 0.682 bits per heavy atom. The van der Waals surface area contributed by atoms with Crippen LogP contribution in [0.25, 0.3) is 0 Å². The van der Waals surface area contributed by atoms with Gasteiger partial charge < -0.3 is 0 Å². The standard InChI is InChI=1S/3C7H6.Pd/c3*1-7-5-3-2-4-6-7;/h3*1-6H;. The molecule has 0 fully saturated rings. The van der Waals surface area contributed by atoms with Crippen molar-refractivity contribution in [3.05, 3.63) is 108 Å². The Morgan fingerprint density at radius 1 is 0.409 bits per heavy atom. The zero-order chi connectivity index (χ0) is 15.0. The number of rotatable bonds is 3. The molecule has 0 aromatic heterocycles. The Hall–Kier alpha value is -2.07.